The Balaban J connectivity index is 2.29. The third-order valence-electron chi connectivity index (χ3n) is 3.23. The highest BCUT2D eigenvalue weighted by atomic mass is 35.5. The van der Waals surface area contributed by atoms with E-state index in [-0.39, 0.29) is 16.2 Å². The van der Waals surface area contributed by atoms with Gasteiger partial charge in [-0.25, -0.2) is 4.98 Å². The highest BCUT2D eigenvalue weighted by molar-refractivity contribution is 6.33. The van der Waals surface area contributed by atoms with E-state index in [4.69, 9.17) is 27.9 Å². The average molecular weight is 339 g/mol. The first-order chi connectivity index (χ1) is 10.3. The summed E-state index contributed by atoms with van der Waals surface area (Å²) in [7, 11) is 1.60. The van der Waals surface area contributed by atoms with Gasteiger partial charge < -0.3 is 10.1 Å². The number of benzene rings is 1. The monoisotopic (exact) mass is 338 g/mol. The highest BCUT2D eigenvalue weighted by Crippen LogP contribution is 2.29. The third-order valence-corrected chi connectivity index (χ3v) is 3.62. The number of rotatable bonds is 4. The number of ether oxygens (including phenoxy) is 1. The van der Waals surface area contributed by atoms with Gasteiger partial charge in [0, 0.05) is 11.1 Å². The fourth-order valence-electron chi connectivity index (χ4n) is 2.18. The molecule has 0 saturated carbocycles. The lowest BCUT2D eigenvalue weighted by atomic mass is 9.93. The van der Waals surface area contributed by atoms with Crippen molar-refractivity contribution in [1.29, 1.82) is 0 Å². The molecule has 2 aromatic rings. The summed E-state index contributed by atoms with van der Waals surface area (Å²) in [4.78, 5) is 16.3. The molecule has 0 aliphatic carbocycles. The molecule has 0 aliphatic rings. The molecule has 0 radical (unpaired) electrons. The lowest BCUT2D eigenvalue weighted by molar-refractivity contribution is 0.0911. The fourth-order valence-corrected chi connectivity index (χ4v) is 2.64. The Morgan fingerprint density at radius 1 is 1.18 bits per heavy atom. The summed E-state index contributed by atoms with van der Waals surface area (Å²) in [5, 5.41) is 3.30. The highest BCUT2D eigenvalue weighted by Gasteiger charge is 2.26. The maximum Gasteiger partial charge on any atom is 0.252 e. The number of pyridine rings is 1. The molecular formula is C16H16Cl2N2O2. The first-order valence-electron chi connectivity index (χ1n) is 6.62. The Morgan fingerprint density at radius 3 is 2.36 bits per heavy atom. The number of halogens is 2. The van der Waals surface area contributed by atoms with Crippen LogP contribution in [-0.4, -0.2) is 18.0 Å². The van der Waals surface area contributed by atoms with E-state index >= 15 is 0 Å². The smallest absolute Gasteiger partial charge is 0.252 e. The van der Waals surface area contributed by atoms with Gasteiger partial charge in [0.05, 0.1) is 12.6 Å². The van der Waals surface area contributed by atoms with Crippen LogP contribution in [0.4, 0.5) is 0 Å². The van der Waals surface area contributed by atoms with E-state index in [0.29, 0.717) is 11.3 Å². The number of methoxy groups -OCH3 is 1. The number of carbonyl (C=O) groups excluding carboxylic acids is 1. The standard InChI is InChI=1S/C16H16Cl2N2O2/c1-16(2,11-6-4-5-7-12(11)22-3)20-15(21)10-8-13(17)19-14(18)9-10/h4-9H,1-3H3,(H,20,21). The van der Waals surface area contributed by atoms with Gasteiger partial charge in [0.25, 0.3) is 5.91 Å². The Labute approximate surface area is 139 Å². The zero-order valence-electron chi connectivity index (χ0n) is 12.5. The molecule has 0 atom stereocenters. The van der Waals surface area contributed by atoms with Gasteiger partial charge in [-0.3, -0.25) is 4.79 Å². The third kappa shape index (κ3) is 3.70. The van der Waals surface area contributed by atoms with Crippen LogP contribution in [0.2, 0.25) is 10.3 Å². The zero-order valence-corrected chi connectivity index (χ0v) is 14.0. The van der Waals surface area contributed by atoms with Crippen LogP contribution in [0.15, 0.2) is 36.4 Å². The van der Waals surface area contributed by atoms with Crippen molar-refractivity contribution in [3.8, 4) is 5.75 Å². The minimum Gasteiger partial charge on any atom is -0.496 e. The molecule has 1 aromatic heterocycles. The topological polar surface area (TPSA) is 51.2 Å². The normalized spacial score (nSPS) is 11.1. The Bertz CT molecular complexity index is 682. The minimum atomic E-state index is -0.633. The predicted octanol–water partition coefficient (Wildman–Crippen LogP) is 4.06. The van der Waals surface area contributed by atoms with Crippen molar-refractivity contribution in [2.24, 2.45) is 0 Å². The summed E-state index contributed by atoms with van der Waals surface area (Å²) in [5.41, 5.74) is 0.594. The van der Waals surface area contributed by atoms with Crippen molar-refractivity contribution < 1.29 is 9.53 Å². The van der Waals surface area contributed by atoms with Crippen molar-refractivity contribution in [1.82, 2.24) is 10.3 Å². The van der Waals surface area contributed by atoms with Crippen LogP contribution in [-0.2, 0) is 5.54 Å². The molecule has 0 saturated heterocycles. The SMILES string of the molecule is COc1ccccc1C(C)(C)NC(=O)c1cc(Cl)nc(Cl)c1. The summed E-state index contributed by atoms with van der Waals surface area (Å²) in [6.07, 6.45) is 0. The van der Waals surface area contributed by atoms with Gasteiger partial charge in [-0.1, -0.05) is 41.4 Å². The number of hydrogen-bond acceptors (Lipinski definition) is 3. The van der Waals surface area contributed by atoms with Crippen LogP contribution < -0.4 is 10.1 Å². The van der Waals surface area contributed by atoms with Crippen LogP contribution in [0.3, 0.4) is 0 Å². The predicted molar refractivity (Wildman–Crippen MR) is 87.7 cm³/mol. The van der Waals surface area contributed by atoms with E-state index in [2.05, 4.69) is 10.3 Å². The Hall–Kier alpha value is -1.78. The second-order valence-corrected chi connectivity index (χ2v) is 6.06. The molecule has 116 valence electrons. The quantitative estimate of drug-likeness (QED) is 0.855. The second kappa shape index (κ2) is 6.55. The first-order valence-corrected chi connectivity index (χ1v) is 7.38. The number of nitrogens with one attached hydrogen (secondary N) is 1. The van der Waals surface area contributed by atoms with E-state index in [1.807, 2.05) is 38.1 Å². The van der Waals surface area contributed by atoms with Crippen LogP contribution in [0, 0.1) is 0 Å². The number of nitrogens with zero attached hydrogens (tertiary/aromatic N) is 1. The van der Waals surface area contributed by atoms with Gasteiger partial charge in [-0.05, 0) is 32.0 Å². The van der Waals surface area contributed by atoms with Gasteiger partial charge >= 0.3 is 0 Å². The largest absolute Gasteiger partial charge is 0.496 e. The van der Waals surface area contributed by atoms with Gasteiger partial charge in [-0.2, -0.15) is 0 Å². The summed E-state index contributed by atoms with van der Waals surface area (Å²) in [6.45, 7) is 3.79. The molecule has 0 fully saturated rings. The van der Waals surface area contributed by atoms with Crippen LogP contribution in [0.1, 0.15) is 29.8 Å². The molecule has 0 unspecified atom stereocenters. The summed E-state index contributed by atoms with van der Waals surface area (Å²) in [5.74, 6) is 0.417. The van der Waals surface area contributed by atoms with Gasteiger partial charge in [-0.15, -0.1) is 0 Å². The van der Waals surface area contributed by atoms with Crippen molar-refractivity contribution in [3.63, 3.8) is 0 Å². The van der Waals surface area contributed by atoms with Crippen LogP contribution in [0.25, 0.3) is 0 Å². The number of carbonyl (C=O) groups is 1. The van der Waals surface area contributed by atoms with Crippen molar-refractivity contribution in [3.05, 3.63) is 57.8 Å². The number of hydrogen-bond donors (Lipinski definition) is 1. The van der Waals surface area contributed by atoms with E-state index in [9.17, 15) is 4.79 Å². The molecule has 2 rings (SSSR count). The maximum absolute atomic E-state index is 12.4. The molecule has 1 N–H and O–H groups in total. The van der Waals surface area contributed by atoms with E-state index in [1.165, 1.54) is 12.1 Å². The van der Waals surface area contributed by atoms with Crippen molar-refractivity contribution in [2.45, 2.75) is 19.4 Å². The van der Waals surface area contributed by atoms with Crippen molar-refractivity contribution in [2.75, 3.05) is 7.11 Å². The molecule has 1 amide bonds. The average Bonchev–Trinajstić information content (AvgIpc) is 2.45. The number of para-hydroxylation sites is 1. The lowest BCUT2D eigenvalue weighted by Crippen LogP contribution is -2.41. The van der Waals surface area contributed by atoms with Crippen LogP contribution >= 0.6 is 23.2 Å². The molecule has 0 spiro atoms. The Kier molecular flexibility index (Phi) is 4.94. The summed E-state index contributed by atoms with van der Waals surface area (Å²) in [6, 6.07) is 10.5. The maximum atomic E-state index is 12.4. The van der Waals surface area contributed by atoms with Crippen molar-refractivity contribution >= 4 is 29.1 Å². The van der Waals surface area contributed by atoms with E-state index in [0.717, 1.165) is 5.56 Å². The summed E-state index contributed by atoms with van der Waals surface area (Å²) < 4.78 is 5.35. The van der Waals surface area contributed by atoms with Gasteiger partial charge in [0.1, 0.15) is 16.1 Å². The van der Waals surface area contributed by atoms with Crippen LogP contribution in [0.5, 0.6) is 5.75 Å². The molecule has 22 heavy (non-hydrogen) atoms. The van der Waals surface area contributed by atoms with E-state index < -0.39 is 5.54 Å². The number of amides is 1. The zero-order chi connectivity index (χ0) is 16.3. The molecule has 6 heteroatoms. The molecule has 0 aliphatic heterocycles. The summed E-state index contributed by atoms with van der Waals surface area (Å²) >= 11 is 11.7. The fraction of sp³-hybridized carbons (Fsp3) is 0.250. The molecule has 4 nitrogen and oxygen atoms in total. The van der Waals surface area contributed by atoms with Gasteiger partial charge in [0.15, 0.2) is 0 Å². The molecule has 1 aromatic carbocycles. The van der Waals surface area contributed by atoms with Gasteiger partial charge in [0.2, 0.25) is 0 Å². The molecular weight excluding hydrogens is 323 g/mol. The second-order valence-electron chi connectivity index (χ2n) is 5.28. The van der Waals surface area contributed by atoms with E-state index in [1.54, 1.807) is 7.11 Å². The molecule has 0 bridgehead atoms. The minimum absolute atomic E-state index is 0.174. The Morgan fingerprint density at radius 2 is 1.77 bits per heavy atom. The lowest BCUT2D eigenvalue weighted by Gasteiger charge is -2.28. The molecule has 1 heterocycles. The first kappa shape index (κ1) is 16.6. The number of aromatic nitrogens is 1.